The molecule has 0 radical (unpaired) electrons. The number of halogens is 1. The van der Waals surface area contributed by atoms with Crippen molar-refractivity contribution in [2.24, 2.45) is 0 Å². The highest BCUT2D eigenvalue weighted by Gasteiger charge is 2.15. The van der Waals surface area contributed by atoms with Gasteiger partial charge in [-0.2, -0.15) is 11.8 Å². The molecule has 0 saturated carbocycles. The number of amides is 1. The second-order valence-corrected chi connectivity index (χ2v) is 5.74. The van der Waals surface area contributed by atoms with Crippen LogP contribution < -0.4 is 5.32 Å². The lowest BCUT2D eigenvalue weighted by Gasteiger charge is -2.21. The molecule has 1 amide bonds. The van der Waals surface area contributed by atoms with E-state index in [1.165, 1.54) is 25.0 Å². The summed E-state index contributed by atoms with van der Waals surface area (Å²) in [4.78, 5) is 11.7. The third kappa shape index (κ3) is 3.85. The van der Waals surface area contributed by atoms with Gasteiger partial charge in [-0.3, -0.25) is 4.79 Å². The van der Waals surface area contributed by atoms with E-state index >= 15 is 0 Å². The van der Waals surface area contributed by atoms with Crippen LogP contribution in [0.5, 0.6) is 0 Å². The van der Waals surface area contributed by atoms with Gasteiger partial charge in [-0.15, -0.1) is 10.2 Å². The van der Waals surface area contributed by atoms with Gasteiger partial charge >= 0.3 is 0 Å². The van der Waals surface area contributed by atoms with Gasteiger partial charge in [-0.25, -0.2) is 0 Å². The predicted molar refractivity (Wildman–Crippen MR) is 69.5 cm³/mol. The average molecular weight is 272 g/mol. The second-order valence-electron chi connectivity index (χ2n) is 3.94. The van der Waals surface area contributed by atoms with E-state index in [2.05, 4.69) is 15.5 Å². The largest absolute Gasteiger partial charge is 0.350 e. The van der Waals surface area contributed by atoms with Gasteiger partial charge in [0.05, 0.1) is 0 Å². The van der Waals surface area contributed by atoms with Gasteiger partial charge in [0, 0.05) is 11.8 Å². The minimum atomic E-state index is -0.180. The summed E-state index contributed by atoms with van der Waals surface area (Å²) < 4.78 is 0. The molecule has 1 fully saturated rings. The van der Waals surface area contributed by atoms with Crippen LogP contribution in [0.25, 0.3) is 0 Å². The van der Waals surface area contributed by atoms with E-state index < -0.39 is 0 Å². The molecule has 0 aliphatic carbocycles. The molecule has 1 aliphatic heterocycles. The van der Waals surface area contributed by atoms with E-state index in [-0.39, 0.29) is 5.91 Å². The van der Waals surface area contributed by atoms with E-state index in [4.69, 9.17) is 11.6 Å². The van der Waals surface area contributed by atoms with E-state index in [1.807, 2.05) is 11.8 Å². The van der Waals surface area contributed by atoms with Gasteiger partial charge in [-0.1, -0.05) is 18.0 Å². The van der Waals surface area contributed by atoms with Crippen molar-refractivity contribution in [2.45, 2.75) is 24.5 Å². The van der Waals surface area contributed by atoms with Gasteiger partial charge in [0.25, 0.3) is 5.91 Å². The molecule has 1 atom stereocenters. The van der Waals surface area contributed by atoms with Gasteiger partial charge in [0.15, 0.2) is 10.8 Å². The summed E-state index contributed by atoms with van der Waals surface area (Å²) in [6, 6.07) is 3.15. The number of aromatic nitrogens is 2. The van der Waals surface area contributed by atoms with Crippen LogP contribution in [0.15, 0.2) is 12.1 Å². The monoisotopic (exact) mass is 271 g/mol. The Bertz CT molecular complexity index is 379. The summed E-state index contributed by atoms with van der Waals surface area (Å²) >= 11 is 7.54. The fraction of sp³-hybridized carbons (Fsp3) is 0.545. The first kappa shape index (κ1) is 12.6. The maximum Gasteiger partial charge on any atom is 0.271 e. The van der Waals surface area contributed by atoms with Crippen molar-refractivity contribution in [3.05, 3.63) is 23.0 Å². The van der Waals surface area contributed by atoms with Gasteiger partial charge < -0.3 is 5.32 Å². The minimum Gasteiger partial charge on any atom is -0.350 e. The zero-order valence-electron chi connectivity index (χ0n) is 9.36. The molecule has 0 bridgehead atoms. The Balaban J connectivity index is 1.82. The fourth-order valence-corrected chi connectivity index (χ4v) is 3.04. The normalized spacial score (nSPS) is 19.9. The van der Waals surface area contributed by atoms with Crippen molar-refractivity contribution in [1.82, 2.24) is 15.5 Å². The molecule has 1 aliphatic rings. The summed E-state index contributed by atoms with van der Waals surface area (Å²) in [7, 11) is 0. The standard InChI is InChI=1S/C11H14ClN3OS/c12-10-5-4-9(14-15-10)11(16)13-7-8-3-1-2-6-17-8/h4-5,8H,1-3,6-7H2,(H,13,16). The van der Waals surface area contributed by atoms with Crippen LogP contribution in [0.1, 0.15) is 29.8 Å². The topological polar surface area (TPSA) is 54.9 Å². The third-order valence-electron chi connectivity index (χ3n) is 2.63. The van der Waals surface area contributed by atoms with Crippen LogP contribution in [0.2, 0.25) is 5.15 Å². The second kappa shape index (κ2) is 6.21. The van der Waals surface area contributed by atoms with Crippen LogP contribution >= 0.6 is 23.4 Å². The van der Waals surface area contributed by atoms with Crippen molar-refractivity contribution < 1.29 is 4.79 Å². The highest BCUT2D eigenvalue weighted by atomic mass is 35.5. The summed E-state index contributed by atoms with van der Waals surface area (Å²) in [5.74, 6) is 1.02. The van der Waals surface area contributed by atoms with Crippen LogP contribution in [0.4, 0.5) is 0 Å². The lowest BCUT2D eigenvalue weighted by Crippen LogP contribution is -2.32. The number of thioether (sulfide) groups is 1. The maximum absolute atomic E-state index is 11.7. The SMILES string of the molecule is O=C(NCC1CCCCS1)c1ccc(Cl)nn1. The molecular formula is C11H14ClN3OS. The molecule has 1 N–H and O–H groups in total. The quantitative estimate of drug-likeness (QED) is 0.915. The average Bonchev–Trinajstić information content (AvgIpc) is 2.38. The van der Waals surface area contributed by atoms with Crippen molar-refractivity contribution in [3.8, 4) is 0 Å². The Labute approximate surface area is 110 Å². The number of carbonyl (C=O) groups excluding carboxylic acids is 1. The summed E-state index contributed by atoms with van der Waals surface area (Å²) in [6.07, 6.45) is 3.73. The molecule has 2 rings (SSSR count). The van der Waals surface area contributed by atoms with Crippen molar-refractivity contribution in [1.29, 1.82) is 0 Å². The van der Waals surface area contributed by atoms with Gasteiger partial charge in [0.2, 0.25) is 0 Å². The molecule has 92 valence electrons. The Hall–Kier alpha value is -0.810. The number of hydrogen-bond donors (Lipinski definition) is 1. The molecule has 1 saturated heterocycles. The first-order valence-electron chi connectivity index (χ1n) is 5.65. The molecule has 0 spiro atoms. The molecule has 4 nitrogen and oxygen atoms in total. The lowest BCUT2D eigenvalue weighted by molar-refractivity contribution is 0.0947. The molecule has 2 heterocycles. The van der Waals surface area contributed by atoms with Crippen molar-refractivity contribution in [2.75, 3.05) is 12.3 Å². The van der Waals surface area contributed by atoms with Crippen molar-refractivity contribution >= 4 is 29.3 Å². The smallest absolute Gasteiger partial charge is 0.271 e. The Morgan fingerprint density at radius 2 is 2.35 bits per heavy atom. The third-order valence-corrected chi connectivity index (χ3v) is 4.23. The zero-order chi connectivity index (χ0) is 12.1. The number of carbonyl (C=O) groups is 1. The zero-order valence-corrected chi connectivity index (χ0v) is 10.9. The molecule has 6 heteroatoms. The predicted octanol–water partition coefficient (Wildman–Crippen LogP) is 2.15. The van der Waals surface area contributed by atoms with E-state index in [9.17, 15) is 4.79 Å². The summed E-state index contributed by atoms with van der Waals surface area (Å²) in [6.45, 7) is 0.702. The Morgan fingerprint density at radius 1 is 1.47 bits per heavy atom. The Morgan fingerprint density at radius 3 is 3.00 bits per heavy atom. The molecule has 1 aromatic heterocycles. The van der Waals surface area contributed by atoms with Crippen LogP contribution in [0, 0.1) is 0 Å². The van der Waals surface area contributed by atoms with Gasteiger partial charge in [-0.05, 0) is 30.7 Å². The number of hydrogen-bond acceptors (Lipinski definition) is 4. The highest BCUT2D eigenvalue weighted by Crippen LogP contribution is 2.24. The highest BCUT2D eigenvalue weighted by molar-refractivity contribution is 7.99. The first-order valence-corrected chi connectivity index (χ1v) is 7.07. The van der Waals surface area contributed by atoms with Crippen LogP contribution in [-0.4, -0.2) is 33.7 Å². The van der Waals surface area contributed by atoms with Crippen LogP contribution in [0.3, 0.4) is 0 Å². The Kier molecular flexibility index (Phi) is 4.62. The molecule has 0 aromatic carbocycles. The molecular weight excluding hydrogens is 258 g/mol. The van der Waals surface area contributed by atoms with Crippen molar-refractivity contribution in [3.63, 3.8) is 0 Å². The summed E-state index contributed by atoms with van der Waals surface area (Å²) in [5.41, 5.74) is 0.315. The number of nitrogens with one attached hydrogen (secondary N) is 1. The lowest BCUT2D eigenvalue weighted by atomic mass is 10.2. The van der Waals surface area contributed by atoms with E-state index in [1.54, 1.807) is 12.1 Å². The van der Waals surface area contributed by atoms with Crippen LogP contribution in [-0.2, 0) is 0 Å². The van der Waals surface area contributed by atoms with E-state index in [0.717, 1.165) is 0 Å². The molecule has 1 unspecified atom stereocenters. The molecule has 1 aromatic rings. The van der Waals surface area contributed by atoms with Gasteiger partial charge in [0.1, 0.15) is 0 Å². The minimum absolute atomic E-state index is 0.180. The fourth-order valence-electron chi connectivity index (χ4n) is 1.70. The first-order chi connectivity index (χ1) is 8.25. The number of rotatable bonds is 3. The maximum atomic E-state index is 11.7. The molecule has 17 heavy (non-hydrogen) atoms. The van der Waals surface area contributed by atoms with E-state index in [0.29, 0.717) is 22.6 Å². The summed E-state index contributed by atoms with van der Waals surface area (Å²) in [5, 5.41) is 11.1. The number of nitrogens with zero attached hydrogens (tertiary/aromatic N) is 2.